The van der Waals surface area contributed by atoms with Crippen molar-refractivity contribution in [3.8, 4) is 0 Å². The fourth-order valence-electron chi connectivity index (χ4n) is 2.89. The van der Waals surface area contributed by atoms with Crippen LogP contribution in [0.2, 0.25) is 0 Å². The highest BCUT2D eigenvalue weighted by atomic mass is 16.3. The molecule has 3 unspecified atom stereocenters. The lowest BCUT2D eigenvalue weighted by atomic mass is 10.1. The molecule has 1 saturated heterocycles. The Hall–Kier alpha value is -1.29. The van der Waals surface area contributed by atoms with E-state index < -0.39 is 0 Å². The van der Waals surface area contributed by atoms with Gasteiger partial charge in [0.25, 0.3) is 0 Å². The number of nitrogens with one attached hydrogen (secondary N) is 1. The molecule has 1 amide bonds. The number of rotatable bonds is 4. The predicted octanol–water partition coefficient (Wildman–Crippen LogP) is 1.97. The molecule has 1 saturated carbocycles. The van der Waals surface area contributed by atoms with Crippen molar-refractivity contribution < 1.29 is 9.21 Å². The molecule has 1 aromatic heterocycles. The Morgan fingerprint density at radius 1 is 1.53 bits per heavy atom. The van der Waals surface area contributed by atoms with E-state index in [-0.39, 0.29) is 11.8 Å². The highest BCUT2D eigenvalue weighted by molar-refractivity contribution is 5.79. The highest BCUT2D eigenvalue weighted by Crippen LogP contribution is 2.47. The molecule has 2 fully saturated rings. The Labute approximate surface area is 114 Å². The van der Waals surface area contributed by atoms with E-state index in [1.54, 1.807) is 4.90 Å². The van der Waals surface area contributed by atoms with Gasteiger partial charge in [-0.1, -0.05) is 6.92 Å². The molecule has 3 rings (SSSR count). The summed E-state index contributed by atoms with van der Waals surface area (Å²) in [6, 6.07) is 4.08. The number of carbonyl (C=O) groups excluding carboxylic acids is 1. The number of hydrogen-bond acceptors (Lipinski definition) is 3. The summed E-state index contributed by atoms with van der Waals surface area (Å²) < 4.78 is 5.85. The van der Waals surface area contributed by atoms with E-state index in [2.05, 4.69) is 18.3 Å². The van der Waals surface area contributed by atoms with Crippen molar-refractivity contribution in [2.45, 2.75) is 32.2 Å². The van der Waals surface area contributed by atoms with E-state index in [0.717, 1.165) is 36.9 Å². The lowest BCUT2D eigenvalue weighted by molar-refractivity contribution is -0.134. The first-order chi connectivity index (χ1) is 9.15. The maximum atomic E-state index is 12.2. The van der Waals surface area contributed by atoms with Crippen LogP contribution in [-0.4, -0.2) is 30.9 Å². The quantitative estimate of drug-likeness (QED) is 0.902. The molecule has 4 nitrogen and oxygen atoms in total. The monoisotopic (exact) mass is 262 g/mol. The molecule has 0 bridgehead atoms. The smallest absolute Gasteiger partial charge is 0.227 e. The van der Waals surface area contributed by atoms with Crippen LogP contribution < -0.4 is 5.32 Å². The molecular weight excluding hydrogens is 240 g/mol. The number of amides is 1. The second-order valence-electron chi connectivity index (χ2n) is 6.01. The Bertz CT molecular complexity index is 462. The SMILES string of the molecule is CC1CC1c1ccc(CN(C)C(=O)C2CCNC2)o1. The molecule has 0 radical (unpaired) electrons. The average molecular weight is 262 g/mol. The topological polar surface area (TPSA) is 45.5 Å². The second-order valence-corrected chi connectivity index (χ2v) is 6.01. The molecule has 4 heteroatoms. The number of furan rings is 1. The van der Waals surface area contributed by atoms with Gasteiger partial charge in [0, 0.05) is 19.5 Å². The minimum Gasteiger partial charge on any atom is -0.464 e. The summed E-state index contributed by atoms with van der Waals surface area (Å²) >= 11 is 0. The molecule has 1 aliphatic carbocycles. The summed E-state index contributed by atoms with van der Waals surface area (Å²) in [4.78, 5) is 14.0. The molecule has 1 aliphatic heterocycles. The maximum Gasteiger partial charge on any atom is 0.227 e. The fourth-order valence-corrected chi connectivity index (χ4v) is 2.89. The third kappa shape index (κ3) is 2.68. The molecule has 2 heterocycles. The summed E-state index contributed by atoms with van der Waals surface area (Å²) in [5.41, 5.74) is 0. The van der Waals surface area contributed by atoms with Crippen LogP contribution >= 0.6 is 0 Å². The van der Waals surface area contributed by atoms with Crippen LogP contribution in [0.15, 0.2) is 16.5 Å². The average Bonchev–Trinajstić information content (AvgIpc) is 2.88. The van der Waals surface area contributed by atoms with Gasteiger partial charge >= 0.3 is 0 Å². The molecule has 1 N–H and O–H groups in total. The van der Waals surface area contributed by atoms with Gasteiger partial charge in [0.1, 0.15) is 11.5 Å². The van der Waals surface area contributed by atoms with Crippen molar-refractivity contribution in [3.05, 3.63) is 23.7 Å². The maximum absolute atomic E-state index is 12.2. The molecule has 2 aliphatic rings. The molecule has 104 valence electrons. The van der Waals surface area contributed by atoms with Gasteiger partial charge in [-0.2, -0.15) is 0 Å². The van der Waals surface area contributed by atoms with Gasteiger partial charge in [-0.25, -0.2) is 0 Å². The minimum absolute atomic E-state index is 0.142. The Morgan fingerprint density at radius 2 is 2.32 bits per heavy atom. The van der Waals surface area contributed by atoms with Gasteiger partial charge in [-0.15, -0.1) is 0 Å². The van der Waals surface area contributed by atoms with Crippen molar-refractivity contribution in [1.29, 1.82) is 0 Å². The summed E-state index contributed by atoms with van der Waals surface area (Å²) in [7, 11) is 1.86. The van der Waals surface area contributed by atoms with Gasteiger partial charge in [0.15, 0.2) is 0 Å². The van der Waals surface area contributed by atoms with Crippen LogP contribution in [0, 0.1) is 11.8 Å². The fraction of sp³-hybridized carbons (Fsp3) is 0.667. The summed E-state index contributed by atoms with van der Waals surface area (Å²) in [5.74, 6) is 3.71. The number of carbonyl (C=O) groups is 1. The molecular formula is C15H22N2O2. The van der Waals surface area contributed by atoms with Gasteiger partial charge < -0.3 is 14.6 Å². The van der Waals surface area contributed by atoms with Gasteiger partial charge in [-0.3, -0.25) is 4.79 Å². The van der Waals surface area contributed by atoms with Gasteiger partial charge in [0.05, 0.1) is 12.5 Å². The molecule has 0 aromatic carbocycles. The van der Waals surface area contributed by atoms with E-state index in [1.165, 1.54) is 6.42 Å². The van der Waals surface area contributed by atoms with Crippen molar-refractivity contribution in [1.82, 2.24) is 10.2 Å². The van der Waals surface area contributed by atoms with E-state index in [4.69, 9.17) is 4.42 Å². The van der Waals surface area contributed by atoms with E-state index in [9.17, 15) is 4.79 Å². The first-order valence-electron chi connectivity index (χ1n) is 7.19. The van der Waals surface area contributed by atoms with Crippen molar-refractivity contribution in [2.75, 3.05) is 20.1 Å². The van der Waals surface area contributed by atoms with Crippen LogP contribution in [0.3, 0.4) is 0 Å². The second kappa shape index (κ2) is 5.00. The highest BCUT2D eigenvalue weighted by Gasteiger charge is 2.36. The summed E-state index contributed by atoms with van der Waals surface area (Å²) in [5, 5.41) is 3.23. The van der Waals surface area contributed by atoms with Crippen molar-refractivity contribution in [3.63, 3.8) is 0 Å². The lowest BCUT2D eigenvalue weighted by Gasteiger charge is -2.19. The lowest BCUT2D eigenvalue weighted by Crippen LogP contribution is -2.33. The van der Waals surface area contributed by atoms with E-state index >= 15 is 0 Å². The summed E-state index contributed by atoms with van der Waals surface area (Å²) in [6.07, 6.45) is 2.18. The molecule has 3 atom stereocenters. The molecule has 19 heavy (non-hydrogen) atoms. The van der Waals surface area contributed by atoms with Crippen LogP contribution in [0.25, 0.3) is 0 Å². The van der Waals surface area contributed by atoms with E-state index in [1.807, 2.05) is 13.1 Å². The van der Waals surface area contributed by atoms with Crippen LogP contribution in [0.4, 0.5) is 0 Å². The standard InChI is InChI=1S/C15H22N2O2/c1-10-7-13(10)14-4-3-12(19-14)9-17(2)15(18)11-5-6-16-8-11/h3-4,10-11,13,16H,5-9H2,1-2H3. The zero-order valence-electron chi connectivity index (χ0n) is 11.7. The number of nitrogens with zero attached hydrogens (tertiary/aromatic N) is 1. The van der Waals surface area contributed by atoms with Gasteiger partial charge in [-0.05, 0) is 37.4 Å². The Kier molecular flexibility index (Phi) is 3.35. The minimum atomic E-state index is 0.142. The predicted molar refractivity (Wildman–Crippen MR) is 72.7 cm³/mol. The first kappa shape index (κ1) is 12.7. The zero-order chi connectivity index (χ0) is 13.4. The van der Waals surface area contributed by atoms with Gasteiger partial charge in [0.2, 0.25) is 5.91 Å². The number of hydrogen-bond donors (Lipinski definition) is 1. The molecule has 0 spiro atoms. The molecule has 1 aromatic rings. The third-order valence-electron chi connectivity index (χ3n) is 4.34. The Morgan fingerprint density at radius 3 is 2.95 bits per heavy atom. The Balaban J connectivity index is 1.57. The first-order valence-corrected chi connectivity index (χ1v) is 7.19. The van der Waals surface area contributed by atoms with Crippen LogP contribution in [0.1, 0.15) is 37.2 Å². The van der Waals surface area contributed by atoms with Crippen LogP contribution in [-0.2, 0) is 11.3 Å². The van der Waals surface area contributed by atoms with Crippen molar-refractivity contribution >= 4 is 5.91 Å². The van der Waals surface area contributed by atoms with Crippen LogP contribution in [0.5, 0.6) is 0 Å². The van der Waals surface area contributed by atoms with E-state index in [0.29, 0.717) is 12.5 Å². The zero-order valence-corrected chi connectivity index (χ0v) is 11.7. The largest absolute Gasteiger partial charge is 0.464 e. The summed E-state index contributed by atoms with van der Waals surface area (Å²) in [6.45, 7) is 4.59. The normalized spacial score (nSPS) is 29.5. The van der Waals surface area contributed by atoms with Crippen molar-refractivity contribution in [2.24, 2.45) is 11.8 Å². The third-order valence-corrected chi connectivity index (χ3v) is 4.34.